The number of cyclic esters (lactones) is 1. The molecule has 5 nitrogen and oxygen atoms in total. The van der Waals surface area contributed by atoms with Crippen molar-refractivity contribution in [1.82, 2.24) is 4.72 Å². The van der Waals surface area contributed by atoms with Crippen molar-refractivity contribution in [2.45, 2.75) is 45.1 Å². The van der Waals surface area contributed by atoms with Gasteiger partial charge < -0.3 is 4.74 Å². The second kappa shape index (κ2) is 5.18. The zero-order valence-electron chi connectivity index (χ0n) is 12.1. The van der Waals surface area contributed by atoms with Crippen LogP contribution in [0.4, 0.5) is 0 Å². The molecule has 0 bridgehead atoms. The van der Waals surface area contributed by atoms with Crippen LogP contribution in [-0.4, -0.2) is 27.0 Å². The predicted octanol–water partition coefficient (Wildman–Crippen LogP) is 1.51. The van der Waals surface area contributed by atoms with Gasteiger partial charge in [-0.3, -0.25) is 4.79 Å². The van der Waals surface area contributed by atoms with Gasteiger partial charge in [-0.2, -0.15) is 4.72 Å². The smallest absolute Gasteiger partial charge is 0.324 e. The first-order valence-corrected chi connectivity index (χ1v) is 7.98. The third kappa shape index (κ3) is 2.58. The summed E-state index contributed by atoms with van der Waals surface area (Å²) in [6.45, 7) is 7.58. The van der Waals surface area contributed by atoms with Gasteiger partial charge in [0.2, 0.25) is 10.0 Å². The molecule has 1 aliphatic rings. The molecule has 0 aromatic heterocycles. The highest BCUT2D eigenvalue weighted by molar-refractivity contribution is 7.89. The average Bonchev–Trinajstić information content (AvgIpc) is 2.72. The molecule has 2 rings (SSSR count). The Kier molecular flexibility index (Phi) is 3.88. The zero-order chi connectivity index (χ0) is 15.1. The van der Waals surface area contributed by atoms with Crippen LogP contribution in [0.2, 0.25) is 0 Å². The molecule has 1 aromatic rings. The Morgan fingerprint density at radius 1 is 1.15 bits per heavy atom. The number of carbonyl (C=O) groups excluding carboxylic acids is 1. The molecule has 110 valence electrons. The summed E-state index contributed by atoms with van der Waals surface area (Å²) in [6, 6.07) is 1.19. The normalized spacial score (nSPS) is 19.2. The molecular weight excluding hydrogens is 278 g/mol. The largest absolute Gasteiger partial charge is 0.464 e. The van der Waals surface area contributed by atoms with Gasteiger partial charge in [-0.05, 0) is 49.9 Å². The van der Waals surface area contributed by atoms with Crippen LogP contribution in [0.1, 0.15) is 28.7 Å². The molecule has 1 unspecified atom stereocenters. The number of benzene rings is 1. The lowest BCUT2D eigenvalue weighted by molar-refractivity contribution is -0.139. The Morgan fingerprint density at radius 3 is 2.15 bits per heavy atom. The van der Waals surface area contributed by atoms with E-state index in [9.17, 15) is 13.2 Å². The van der Waals surface area contributed by atoms with Gasteiger partial charge in [-0.1, -0.05) is 6.07 Å². The zero-order valence-corrected chi connectivity index (χ0v) is 12.9. The van der Waals surface area contributed by atoms with E-state index in [0.29, 0.717) is 17.5 Å². The first-order valence-electron chi connectivity index (χ1n) is 6.50. The van der Waals surface area contributed by atoms with Crippen LogP contribution in [0.3, 0.4) is 0 Å². The third-order valence-electron chi connectivity index (χ3n) is 3.80. The minimum Gasteiger partial charge on any atom is -0.464 e. The van der Waals surface area contributed by atoms with Crippen molar-refractivity contribution in [3.05, 3.63) is 28.3 Å². The van der Waals surface area contributed by atoms with Crippen LogP contribution in [0, 0.1) is 27.7 Å². The number of nitrogens with one attached hydrogen (secondary N) is 1. The second-order valence-corrected chi connectivity index (χ2v) is 6.87. The van der Waals surface area contributed by atoms with Gasteiger partial charge in [0.15, 0.2) is 0 Å². The average molecular weight is 297 g/mol. The number of hydrogen-bond donors (Lipinski definition) is 1. The number of aryl methyl sites for hydroxylation is 2. The predicted molar refractivity (Wildman–Crippen MR) is 75.1 cm³/mol. The molecule has 0 saturated carbocycles. The SMILES string of the molecule is Cc1cc(C)c(C)c(S(=O)(=O)NC2CCOC2=O)c1C. The molecule has 1 saturated heterocycles. The molecule has 1 aromatic carbocycles. The lowest BCUT2D eigenvalue weighted by Crippen LogP contribution is -2.38. The van der Waals surface area contributed by atoms with Crippen molar-refractivity contribution in [2.75, 3.05) is 6.61 Å². The van der Waals surface area contributed by atoms with Gasteiger partial charge in [0.25, 0.3) is 0 Å². The van der Waals surface area contributed by atoms with E-state index in [4.69, 9.17) is 4.74 Å². The van der Waals surface area contributed by atoms with E-state index in [2.05, 4.69) is 4.72 Å². The summed E-state index contributed by atoms with van der Waals surface area (Å²) >= 11 is 0. The number of carbonyl (C=O) groups is 1. The van der Waals surface area contributed by atoms with E-state index in [1.807, 2.05) is 19.9 Å². The van der Waals surface area contributed by atoms with Crippen molar-refractivity contribution in [3.63, 3.8) is 0 Å². The monoisotopic (exact) mass is 297 g/mol. The van der Waals surface area contributed by atoms with Crippen LogP contribution < -0.4 is 4.72 Å². The maximum Gasteiger partial charge on any atom is 0.324 e. The van der Waals surface area contributed by atoms with E-state index in [-0.39, 0.29) is 11.5 Å². The number of sulfonamides is 1. The molecule has 1 fully saturated rings. The molecule has 0 amide bonds. The third-order valence-corrected chi connectivity index (χ3v) is 5.54. The summed E-state index contributed by atoms with van der Waals surface area (Å²) < 4.78 is 32.4. The van der Waals surface area contributed by atoms with E-state index >= 15 is 0 Å². The summed E-state index contributed by atoms with van der Waals surface area (Å²) in [6.07, 6.45) is 0.376. The second-order valence-electron chi connectivity index (χ2n) is 5.22. The maximum atomic E-state index is 12.6. The van der Waals surface area contributed by atoms with Gasteiger partial charge in [-0.25, -0.2) is 8.42 Å². The van der Waals surface area contributed by atoms with Gasteiger partial charge in [-0.15, -0.1) is 0 Å². The first-order chi connectivity index (χ1) is 9.24. The summed E-state index contributed by atoms with van der Waals surface area (Å²) in [5.74, 6) is -0.506. The molecule has 1 atom stereocenters. The van der Waals surface area contributed by atoms with Crippen molar-refractivity contribution in [2.24, 2.45) is 0 Å². The fourth-order valence-corrected chi connectivity index (χ4v) is 4.27. The van der Waals surface area contributed by atoms with Gasteiger partial charge in [0, 0.05) is 6.42 Å². The van der Waals surface area contributed by atoms with Crippen molar-refractivity contribution < 1.29 is 17.9 Å². The summed E-state index contributed by atoms with van der Waals surface area (Å²) in [7, 11) is -3.73. The molecule has 20 heavy (non-hydrogen) atoms. The number of rotatable bonds is 3. The molecule has 0 radical (unpaired) electrons. The number of esters is 1. The fourth-order valence-electron chi connectivity index (χ4n) is 2.43. The topological polar surface area (TPSA) is 72.5 Å². The highest BCUT2D eigenvalue weighted by atomic mass is 32.2. The van der Waals surface area contributed by atoms with E-state index < -0.39 is 22.0 Å². The molecular formula is C14H19NO4S. The van der Waals surface area contributed by atoms with Crippen LogP contribution in [-0.2, 0) is 19.6 Å². The van der Waals surface area contributed by atoms with Crippen LogP contribution >= 0.6 is 0 Å². The quantitative estimate of drug-likeness (QED) is 0.858. The van der Waals surface area contributed by atoms with Crippen molar-refractivity contribution in [3.8, 4) is 0 Å². The van der Waals surface area contributed by atoms with Crippen LogP contribution in [0.15, 0.2) is 11.0 Å². The minimum absolute atomic E-state index is 0.261. The van der Waals surface area contributed by atoms with Crippen molar-refractivity contribution >= 4 is 16.0 Å². The van der Waals surface area contributed by atoms with Gasteiger partial charge in [0.05, 0.1) is 11.5 Å². The molecule has 1 aliphatic heterocycles. The fraction of sp³-hybridized carbons (Fsp3) is 0.500. The Labute approximate surface area is 119 Å². The van der Waals surface area contributed by atoms with E-state index in [1.54, 1.807) is 13.8 Å². The summed E-state index contributed by atoms with van der Waals surface area (Å²) in [5.41, 5.74) is 3.27. The summed E-state index contributed by atoms with van der Waals surface area (Å²) in [4.78, 5) is 11.7. The molecule has 6 heteroatoms. The Morgan fingerprint density at radius 2 is 1.70 bits per heavy atom. The first kappa shape index (κ1) is 15.0. The maximum absolute atomic E-state index is 12.6. The van der Waals surface area contributed by atoms with Crippen molar-refractivity contribution in [1.29, 1.82) is 0 Å². The highest BCUT2D eigenvalue weighted by Crippen LogP contribution is 2.26. The molecule has 1 heterocycles. The Hall–Kier alpha value is -1.40. The van der Waals surface area contributed by atoms with Crippen LogP contribution in [0.5, 0.6) is 0 Å². The molecule has 0 aliphatic carbocycles. The Bertz CT molecular complexity index is 638. The number of ether oxygens (including phenoxy) is 1. The summed E-state index contributed by atoms with van der Waals surface area (Å²) in [5, 5.41) is 0. The lowest BCUT2D eigenvalue weighted by atomic mass is 10.0. The van der Waals surface area contributed by atoms with E-state index in [1.165, 1.54) is 0 Å². The van der Waals surface area contributed by atoms with Gasteiger partial charge in [0.1, 0.15) is 6.04 Å². The highest BCUT2D eigenvalue weighted by Gasteiger charge is 2.32. The Balaban J connectivity index is 2.47. The number of hydrogen-bond acceptors (Lipinski definition) is 4. The molecule has 0 spiro atoms. The minimum atomic E-state index is -3.73. The molecule has 1 N–H and O–H groups in total. The standard InChI is InChI=1S/C14H19NO4S/c1-8-7-9(2)11(4)13(10(8)3)20(17,18)15-12-5-6-19-14(12)16/h7,12,15H,5-6H2,1-4H3. The van der Waals surface area contributed by atoms with Crippen LogP contribution in [0.25, 0.3) is 0 Å². The lowest BCUT2D eigenvalue weighted by Gasteiger charge is -2.17. The van der Waals surface area contributed by atoms with Gasteiger partial charge >= 0.3 is 5.97 Å². The van der Waals surface area contributed by atoms with E-state index in [0.717, 1.165) is 11.1 Å².